The van der Waals surface area contributed by atoms with E-state index in [1.165, 1.54) is 0 Å². The molecule has 9 heteroatoms. The summed E-state index contributed by atoms with van der Waals surface area (Å²) in [6.07, 6.45) is 9.48. The third kappa shape index (κ3) is 4.76. The Hall–Kier alpha value is -4.50. The van der Waals surface area contributed by atoms with Crippen molar-refractivity contribution < 1.29 is 9.21 Å². The number of amides is 1. The van der Waals surface area contributed by atoms with Crippen molar-refractivity contribution in [1.82, 2.24) is 29.4 Å². The monoisotopic (exact) mass is 566 g/mol. The van der Waals surface area contributed by atoms with Gasteiger partial charge in [-0.2, -0.15) is 0 Å². The van der Waals surface area contributed by atoms with Crippen LogP contribution in [0.4, 0.5) is 0 Å². The zero-order valence-electron chi connectivity index (χ0n) is 20.5. The highest BCUT2D eigenvalue weighted by Gasteiger charge is 2.24. The molecule has 4 heterocycles. The molecule has 38 heavy (non-hydrogen) atoms. The molecular formula is C29H23BrN6O2. The number of carbonyl (C=O) groups is 1. The highest BCUT2D eigenvalue weighted by Crippen LogP contribution is 2.27. The molecule has 1 unspecified atom stereocenters. The lowest BCUT2D eigenvalue weighted by atomic mass is 10.1. The van der Waals surface area contributed by atoms with Gasteiger partial charge in [0.1, 0.15) is 11.4 Å². The molecule has 0 aliphatic rings. The Balaban J connectivity index is 1.31. The van der Waals surface area contributed by atoms with Gasteiger partial charge in [-0.3, -0.25) is 9.78 Å². The summed E-state index contributed by atoms with van der Waals surface area (Å²) < 4.78 is 10.7. The number of fused-ring (bicyclic) bond motifs is 1. The van der Waals surface area contributed by atoms with Gasteiger partial charge in [0, 0.05) is 53.3 Å². The van der Waals surface area contributed by atoms with Gasteiger partial charge in [0.05, 0.1) is 24.3 Å². The third-order valence-corrected chi connectivity index (χ3v) is 6.94. The summed E-state index contributed by atoms with van der Waals surface area (Å²) in [5, 5.41) is 3.98. The Kier molecular flexibility index (Phi) is 6.35. The average molecular weight is 567 g/mol. The Labute approximate surface area is 227 Å². The molecule has 0 saturated heterocycles. The molecule has 1 atom stereocenters. The van der Waals surface area contributed by atoms with Crippen LogP contribution in [-0.4, -0.2) is 30.0 Å². The number of nitrogens with zero attached hydrogens (tertiary/aromatic N) is 5. The van der Waals surface area contributed by atoms with E-state index in [4.69, 9.17) is 9.40 Å². The van der Waals surface area contributed by atoms with Crippen molar-refractivity contribution in [3.8, 4) is 16.9 Å². The molecule has 1 N–H and O–H groups in total. The van der Waals surface area contributed by atoms with Gasteiger partial charge < -0.3 is 18.9 Å². The first kappa shape index (κ1) is 23.9. The molecule has 4 aromatic heterocycles. The molecular weight excluding hydrogens is 544 g/mol. The number of nitrogens with one attached hydrogen (secondary N) is 1. The number of pyridine rings is 1. The molecule has 0 aliphatic heterocycles. The molecule has 8 nitrogen and oxygen atoms in total. The Morgan fingerprint density at radius 2 is 1.92 bits per heavy atom. The van der Waals surface area contributed by atoms with Crippen LogP contribution in [0, 0.1) is 0 Å². The van der Waals surface area contributed by atoms with Crippen molar-refractivity contribution >= 4 is 32.8 Å². The summed E-state index contributed by atoms with van der Waals surface area (Å²) >= 11 is 3.47. The fraction of sp³-hybridized carbons (Fsp3) is 0.103. The van der Waals surface area contributed by atoms with Gasteiger partial charge in [0.2, 0.25) is 0 Å². The molecule has 6 aromatic rings. The van der Waals surface area contributed by atoms with Gasteiger partial charge in [0.15, 0.2) is 5.76 Å². The molecule has 0 aliphatic carbocycles. The predicted octanol–water partition coefficient (Wildman–Crippen LogP) is 5.89. The van der Waals surface area contributed by atoms with E-state index in [9.17, 15) is 4.79 Å². The smallest absolute Gasteiger partial charge is 0.287 e. The molecule has 0 spiro atoms. The first-order chi connectivity index (χ1) is 18.5. The summed E-state index contributed by atoms with van der Waals surface area (Å²) in [5.74, 6) is 0.651. The van der Waals surface area contributed by atoms with Crippen molar-refractivity contribution in [2.45, 2.75) is 12.5 Å². The van der Waals surface area contributed by atoms with Crippen LogP contribution in [0.1, 0.15) is 28.1 Å². The Bertz CT molecular complexity index is 1710. The zero-order valence-corrected chi connectivity index (χ0v) is 22.0. The van der Waals surface area contributed by atoms with Gasteiger partial charge >= 0.3 is 0 Å². The van der Waals surface area contributed by atoms with E-state index in [0.29, 0.717) is 12.0 Å². The van der Waals surface area contributed by atoms with Crippen LogP contribution in [-0.2, 0) is 13.5 Å². The number of halogens is 1. The average Bonchev–Trinajstić information content (AvgIpc) is 3.69. The number of carbonyl (C=O) groups excluding carboxylic acids is 1. The Morgan fingerprint density at radius 3 is 2.68 bits per heavy atom. The number of furan rings is 1. The second-order valence-corrected chi connectivity index (χ2v) is 9.84. The van der Waals surface area contributed by atoms with E-state index in [1.807, 2.05) is 77.1 Å². The number of imidazole rings is 2. The molecule has 0 fully saturated rings. The van der Waals surface area contributed by atoms with Gasteiger partial charge in [-0.05, 0) is 54.1 Å². The molecule has 0 radical (unpaired) electrons. The number of aromatic nitrogens is 5. The molecule has 0 bridgehead atoms. The first-order valence-electron chi connectivity index (χ1n) is 12.1. The van der Waals surface area contributed by atoms with Crippen LogP contribution >= 0.6 is 15.9 Å². The highest BCUT2D eigenvalue weighted by atomic mass is 79.9. The second-order valence-electron chi connectivity index (χ2n) is 8.92. The Morgan fingerprint density at radius 1 is 1.05 bits per heavy atom. The summed E-state index contributed by atoms with van der Waals surface area (Å²) in [4.78, 5) is 26.6. The van der Waals surface area contributed by atoms with E-state index in [-0.39, 0.29) is 11.7 Å². The first-order valence-corrected chi connectivity index (χ1v) is 12.8. The summed E-state index contributed by atoms with van der Waals surface area (Å²) in [7, 11) is 1.96. The SMILES string of the molecule is Cn1c(-c2ccc(-n3ccnc3)cc2)cnc1C(Cc1ccccn1)NC(=O)c1cc2cc(Br)ccc2o1. The van der Waals surface area contributed by atoms with Crippen LogP contribution in [0.2, 0.25) is 0 Å². The molecule has 2 aromatic carbocycles. The van der Waals surface area contributed by atoms with Crippen LogP contribution in [0.3, 0.4) is 0 Å². The number of hydrogen-bond acceptors (Lipinski definition) is 5. The van der Waals surface area contributed by atoms with E-state index < -0.39 is 6.04 Å². The van der Waals surface area contributed by atoms with Crippen molar-refractivity contribution in [2.75, 3.05) is 0 Å². The fourth-order valence-corrected chi connectivity index (χ4v) is 4.90. The number of hydrogen-bond donors (Lipinski definition) is 1. The minimum Gasteiger partial charge on any atom is -0.451 e. The summed E-state index contributed by atoms with van der Waals surface area (Å²) in [5.41, 5.74) is 4.47. The van der Waals surface area contributed by atoms with Crippen molar-refractivity contribution in [1.29, 1.82) is 0 Å². The largest absolute Gasteiger partial charge is 0.451 e. The maximum absolute atomic E-state index is 13.3. The maximum atomic E-state index is 13.3. The van der Waals surface area contributed by atoms with Crippen molar-refractivity contribution in [3.05, 3.63) is 120 Å². The lowest BCUT2D eigenvalue weighted by Gasteiger charge is -2.18. The number of benzene rings is 2. The van der Waals surface area contributed by atoms with Crippen LogP contribution < -0.4 is 5.32 Å². The van der Waals surface area contributed by atoms with E-state index >= 15 is 0 Å². The fourth-order valence-electron chi connectivity index (χ4n) is 4.52. The zero-order chi connectivity index (χ0) is 26.1. The number of rotatable bonds is 7. The van der Waals surface area contributed by atoms with Crippen molar-refractivity contribution in [2.24, 2.45) is 7.05 Å². The highest BCUT2D eigenvalue weighted by molar-refractivity contribution is 9.10. The maximum Gasteiger partial charge on any atom is 0.287 e. The van der Waals surface area contributed by atoms with Gasteiger partial charge in [-0.1, -0.05) is 34.1 Å². The quantitative estimate of drug-likeness (QED) is 0.260. The summed E-state index contributed by atoms with van der Waals surface area (Å²) in [6, 6.07) is 20.9. The second kappa shape index (κ2) is 10.1. The minimum atomic E-state index is -0.429. The standard InChI is InChI=1S/C29H23BrN6O2/c1-35-25(19-5-8-23(9-6-19)36-13-12-31-18-36)17-33-28(35)24(16-22-4-2-3-11-32-22)34-29(37)27-15-20-14-21(30)7-10-26(20)38-27/h2-15,17-18,24H,16H2,1H3,(H,34,37). The van der Waals surface area contributed by atoms with Crippen LogP contribution in [0.25, 0.3) is 27.9 Å². The predicted molar refractivity (Wildman–Crippen MR) is 148 cm³/mol. The van der Waals surface area contributed by atoms with E-state index in [1.54, 1.807) is 24.8 Å². The van der Waals surface area contributed by atoms with Crippen LogP contribution in [0.15, 0.2) is 107 Å². The van der Waals surface area contributed by atoms with Crippen LogP contribution in [0.5, 0.6) is 0 Å². The molecule has 0 saturated carbocycles. The van der Waals surface area contributed by atoms with E-state index in [0.717, 1.165) is 38.3 Å². The molecule has 188 valence electrons. The topological polar surface area (TPSA) is 90.8 Å². The lowest BCUT2D eigenvalue weighted by molar-refractivity contribution is 0.0908. The van der Waals surface area contributed by atoms with Gasteiger partial charge in [0.25, 0.3) is 5.91 Å². The minimum absolute atomic E-state index is 0.244. The van der Waals surface area contributed by atoms with Gasteiger partial charge in [-0.15, -0.1) is 0 Å². The molecule has 6 rings (SSSR count). The van der Waals surface area contributed by atoms with Crippen molar-refractivity contribution in [3.63, 3.8) is 0 Å². The molecule has 1 amide bonds. The lowest BCUT2D eigenvalue weighted by Crippen LogP contribution is -2.31. The summed E-state index contributed by atoms with van der Waals surface area (Å²) in [6.45, 7) is 0. The third-order valence-electron chi connectivity index (χ3n) is 6.45. The normalized spacial score (nSPS) is 12.1. The van der Waals surface area contributed by atoms with Gasteiger partial charge in [-0.25, -0.2) is 9.97 Å². The van der Waals surface area contributed by atoms with E-state index in [2.05, 4.69) is 43.3 Å².